The summed E-state index contributed by atoms with van der Waals surface area (Å²) in [6.45, 7) is 5.56. The molecule has 0 heterocycles. The summed E-state index contributed by atoms with van der Waals surface area (Å²) in [5, 5.41) is 2.79. The molecule has 2 rings (SSSR count). The number of nitrogens with one attached hydrogen (secondary N) is 1. The number of amides is 1. The molecular formula is C21H25NO5. The maximum Gasteiger partial charge on any atom is 0.310 e. The SMILES string of the molecule is COc1ccc(OCCC(=O)OC(C)C(=O)Nc2cc(C)ccc2C)cc1. The van der Waals surface area contributed by atoms with E-state index in [0.29, 0.717) is 11.4 Å². The largest absolute Gasteiger partial charge is 0.497 e. The topological polar surface area (TPSA) is 73.9 Å². The Morgan fingerprint density at radius 3 is 2.37 bits per heavy atom. The first-order valence-corrected chi connectivity index (χ1v) is 8.73. The van der Waals surface area contributed by atoms with Gasteiger partial charge >= 0.3 is 5.97 Å². The van der Waals surface area contributed by atoms with Crippen molar-refractivity contribution >= 4 is 17.6 Å². The molecule has 1 atom stereocenters. The highest BCUT2D eigenvalue weighted by molar-refractivity contribution is 5.95. The summed E-state index contributed by atoms with van der Waals surface area (Å²) < 4.78 is 15.7. The molecule has 1 N–H and O–H groups in total. The van der Waals surface area contributed by atoms with Crippen molar-refractivity contribution in [2.24, 2.45) is 0 Å². The molecule has 0 saturated heterocycles. The van der Waals surface area contributed by atoms with Crippen LogP contribution >= 0.6 is 0 Å². The monoisotopic (exact) mass is 371 g/mol. The van der Waals surface area contributed by atoms with Gasteiger partial charge in [0.05, 0.1) is 20.1 Å². The van der Waals surface area contributed by atoms with E-state index in [1.54, 1.807) is 38.3 Å². The Balaban J connectivity index is 1.76. The number of anilines is 1. The molecule has 0 saturated carbocycles. The number of hydrogen-bond donors (Lipinski definition) is 1. The van der Waals surface area contributed by atoms with Crippen LogP contribution in [0.2, 0.25) is 0 Å². The van der Waals surface area contributed by atoms with Gasteiger partial charge in [0.15, 0.2) is 6.10 Å². The Kier molecular flexibility index (Phi) is 7.23. The zero-order chi connectivity index (χ0) is 19.8. The first kappa shape index (κ1) is 20.3. The second kappa shape index (κ2) is 9.62. The van der Waals surface area contributed by atoms with Gasteiger partial charge in [-0.1, -0.05) is 12.1 Å². The predicted octanol–water partition coefficient (Wildman–Crippen LogP) is 3.65. The lowest BCUT2D eigenvalue weighted by atomic mass is 10.1. The van der Waals surface area contributed by atoms with Crippen LogP contribution in [0.15, 0.2) is 42.5 Å². The van der Waals surface area contributed by atoms with Crippen LogP contribution in [-0.4, -0.2) is 31.7 Å². The highest BCUT2D eigenvalue weighted by Crippen LogP contribution is 2.18. The second-order valence-electron chi connectivity index (χ2n) is 6.21. The number of carbonyl (C=O) groups excluding carboxylic acids is 2. The van der Waals surface area contributed by atoms with Crippen molar-refractivity contribution in [3.63, 3.8) is 0 Å². The van der Waals surface area contributed by atoms with Crippen LogP contribution < -0.4 is 14.8 Å². The minimum absolute atomic E-state index is 0.0487. The third-order valence-corrected chi connectivity index (χ3v) is 3.96. The van der Waals surface area contributed by atoms with E-state index in [0.717, 1.165) is 16.9 Å². The van der Waals surface area contributed by atoms with Gasteiger partial charge < -0.3 is 19.5 Å². The van der Waals surface area contributed by atoms with Gasteiger partial charge in [0.1, 0.15) is 11.5 Å². The summed E-state index contributed by atoms with van der Waals surface area (Å²) in [5.41, 5.74) is 2.70. The molecule has 0 aliphatic carbocycles. The Labute approximate surface area is 159 Å². The van der Waals surface area contributed by atoms with Crippen molar-refractivity contribution in [3.05, 3.63) is 53.6 Å². The number of hydrogen-bond acceptors (Lipinski definition) is 5. The van der Waals surface area contributed by atoms with E-state index in [4.69, 9.17) is 14.2 Å². The fraction of sp³-hybridized carbons (Fsp3) is 0.333. The summed E-state index contributed by atoms with van der Waals surface area (Å²) in [5.74, 6) is 0.495. The predicted molar refractivity (Wildman–Crippen MR) is 103 cm³/mol. The van der Waals surface area contributed by atoms with Crippen LogP contribution in [0.4, 0.5) is 5.69 Å². The number of methoxy groups -OCH3 is 1. The average Bonchev–Trinajstić information content (AvgIpc) is 2.65. The average molecular weight is 371 g/mol. The number of carbonyl (C=O) groups is 2. The van der Waals surface area contributed by atoms with Crippen LogP contribution in [0, 0.1) is 13.8 Å². The van der Waals surface area contributed by atoms with Crippen molar-refractivity contribution in [2.45, 2.75) is 33.3 Å². The maximum atomic E-state index is 12.2. The number of rotatable bonds is 8. The zero-order valence-corrected chi connectivity index (χ0v) is 16.1. The van der Waals surface area contributed by atoms with Crippen molar-refractivity contribution in [1.29, 1.82) is 0 Å². The Hall–Kier alpha value is -3.02. The standard InChI is InChI=1S/C21H25NO5/c1-14-5-6-15(2)19(13-14)22-21(24)16(3)27-20(23)11-12-26-18-9-7-17(25-4)8-10-18/h5-10,13,16H,11-12H2,1-4H3,(H,22,24). The second-order valence-corrected chi connectivity index (χ2v) is 6.21. The van der Waals surface area contributed by atoms with Crippen LogP contribution in [0.5, 0.6) is 11.5 Å². The zero-order valence-electron chi connectivity index (χ0n) is 16.1. The van der Waals surface area contributed by atoms with Gasteiger partial charge in [0.25, 0.3) is 5.91 Å². The van der Waals surface area contributed by atoms with E-state index in [1.165, 1.54) is 0 Å². The molecule has 0 aromatic heterocycles. The molecule has 0 radical (unpaired) electrons. The molecule has 1 unspecified atom stereocenters. The Bertz CT molecular complexity index is 786. The van der Waals surface area contributed by atoms with E-state index in [2.05, 4.69) is 5.32 Å². The van der Waals surface area contributed by atoms with Crippen LogP contribution in [0.25, 0.3) is 0 Å². The van der Waals surface area contributed by atoms with Crippen molar-refractivity contribution < 1.29 is 23.8 Å². The minimum Gasteiger partial charge on any atom is -0.497 e. The number of aryl methyl sites for hydroxylation is 2. The molecule has 6 heteroatoms. The fourth-order valence-electron chi connectivity index (χ4n) is 2.34. The highest BCUT2D eigenvalue weighted by atomic mass is 16.5. The molecule has 0 bridgehead atoms. The molecule has 144 valence electrons. The fourth-order valence-corrected chi connectivity index (χ4v) is 2.34. The van der Waals surface area contributed by atoms with Crippen LogP contribution in [0.3, 0.4) is 0 Å². The minimum atomic E-state index is -0.890. The lowest BCUT2D eigenvalue weighted by Gasteiger charge is -2.15. The molecule has 1 amide bonds. The number of benzene rings is 2. The molecular weight excluding hydrogens is 346 g/mol. The third-order valence-electron chi connectivity index (χ3n) is 3.96. The van der Waals surface area contributed by atoms with Gasteiger partial charge in [-0.05, 0) is 62.2 Å². The van der Waals surface area contributed by atoms with Gasteiger partial charge in [-0.15, -0.1) is 0 Å². The van der Waals surface area contributed by atoms with Crippen molar-refractivity contribution in [3.8, 4) is 11.5 Å². The van der Waals surface area contributed by atoms with Gasteiger partial charge in [-0.2, -0.15) is 0 Å². The Morgan fingerprint density at radius 2 is 1.70 bits per heavy atom. The van der Waals surface area contributed by atoms with Crippen molar-refractivity contribution in [1.82, 2.24) is 0 Å². The van der Waals surface area contributed by atoms with E-state index in [-0.39, 0.29) is 18.9 Å². The normalized spacial score (nSPS) is 11.4. The number of ether oxygens (including phenoxy) is 3. The lowest BCUT2D eigenvalue weighted by Crippen LogP contribution is -2.30. The quantitative estimate of drug-likeness (QED) is 0.717. The third kappa shape index (κ3) is 6.33. The molecule has 0 aliphatic heterocycles. The molecule has 0 aliphatic rings. The molecule has 6 nitrogen and oxygen atoms in total. The summed E-state index contributed by atoms with van der Waals surface area (Å²) >= 11 is 0. The van der Waals surface area contributed by atoms with Crippen molar-refractivity contribution in [2.75, 3.05) is 19.0 Å². The van der Waals surface area contributed by atoms with E-state index >= 15 is 0 Å². The van der Waals surface area contributed by atoms with E-state index in [9.17, 15) is 9.59 Å². The highest BCUT2D eigenvalue weighted by Gasteiger charge is 2.18. The summed E-state index contributed by atoms with van der Waals surface area (Å²) in [4.78, 5) is 24.2. The smallest absolute Gasteiger partial charge is 0.310 e. The molecule has 0 fully saturated rings. The number of esters is 1. The first-order chi connectivity index (χ1) is 12.9. The summed E-state index contributed by atoms with van der Waals surface area (Å²) in [7, 11) is 1.59. The lowest BCUT2D eigenvalue weighted by molar-refractivity contribution is -0.153. The van der Waals surface area contributed by atoms with E-state index in [1.807, 2.05) is 32.0 Å². The van der Waals surface area contributed by atoms with Crippen LogP contribution in [0.1, 0.15) is 24.5 Å². The molecule has 2 aromatic carbocycles. The Morgan fingerprint density at radius 1 is 1.04 bits per heavy atom. The molecule has 0 spiro atoms. The van der Waals surface area contributed by atoms with E-state index < -0.39 is 12.1 Å². The van der Waals surface area contributed by atoms with Gasteiger partial charge in [-0.3, -0.25) is 9.59 Å². The molecule has 27 heavy (non-hydrogen) atoms. The van der Waals surface area contributed by atoms with Gasteiger partial charge in [-0.25, -0.2) is 0 Å². The van der Waals surface area contributed by atoms with Crippen LogP contribution in [-0.2, 0) is 14.3 Å². The first-order valence-electron chi connectivity index (χ1n) is 8.73. The van der Waals surface area contributed by atoms with Gasteiger partial charge in [0.2, 0.25) is 0 Å². The van der Waals surface area contributed by atoms with Gasteiger partial charge in [0, 0.05) is 5.69 Å². The summed E-state index contributed by atoms with van der Waals surface area (Å²) in [6.07, 6.45) is -0.842. The maximum absolute atomic E-state index is 12.2. The summed E-state index contributed by atoms with van der Waals surface area (Å²) in [6, 6.07) is 12.8. The molecule has 2 aromatic rings.